The number of hydrogen-bond acceptors (Lipinski definition) is 2. The first-order valence-electron chi connectivity index (χ1n) is 6.50. The lowest BCUT2D eigenvalue weighted by Gasteiger charge is -2.09. The SMILES string of the molecule is Cc1cc(-n2c(O)c3c(c2O)CCCC3)ccc1Br. The zero-order valence-corrected chi connectivity index (χ0v) is 12.4. The number of nitrogens with zero attached hydrogens (tertiary/aromatic N) is 1. The van der Waals surface area contributed by atoms with Crippen molar-refractivity contribution >= 4 is 15.9 Å². The minimum Gasteiger partial charge on any atom is -0.494 e. The Kier molecular flexibility index (Phi) is 3.05. The monoisotopic (exact) mass is 321 g/mol. The number of fused-ring (bicyclic) bond motifs is 1. The topological polar surface area (TPSA) is 45.4 Å². The molecule has 0 fully saturated rings. The Labute approximate surface area is 120 Å². The fourth-order valence-electron chi connectivity index (χ4n) is 2.78. The molecule has 0 bridgehead atoms. The van der Waals surface area contributed by atoms with Crippen molar-refractivity contribution in [2.75, 3.05) is 0 Å². The molecule has 0 saturated carbocycles. The number of benzene rings is 1. The summed E-state index contributed by atoms with van der Waals surface area (Å²) in [5.41, 5.74) is 3.68. The summed E-state index contributed by atoms with van der Waals surface area (Å²) in [7, 11) is 0. The Morgan fingerprint density at radius 3 is 2.16 bits per heavy atom. The maximum Gasteiger partial charge on any atom is 0.202 e. The first kappa shape index (κ1) is 12.6. The van der Waals surface area contributed by atoms with Crippen LogP contribution in [0.5, 0.6) is 11.8 Å². The molecule has 0 amide bonds. The number of aromatic nitrogens is 1. The molecule has 0 saturated heterocycles. The molecule has 3 rings (SSSR count). The van der Waals surface area contributed by atoms with Crippen LogP contribution < -0.4 is 0 Å². The predicted octanol–water partition coefficient (Wildman–Crippen LogP) is 3.84. The van der Waals surface area contributed by atoms with Crippen molar-refractivity contribution in [2.45, 2.75) is 32.6 Å². The Morgan fingerprint density at radius 2 is 1.63 bits per heavy atom. The van der Waals surface area contributed by atoms with Gasteiger partial charge in [0.05, 0.1) is 5.69 Å². The van der Waals surface area contributed by atoms with Gasteiger partial charge in [-0.3, -0.25) is 4.57 Å². The Bertz CT molecular complexity index is 617. The van der Waals surface area contributed by atoms with Crippen LogP contribution in [0.4, 0.5) is 0 Å². The lowest BCUT2D eigenvalue weighted by atomic mass is 9.95. The van der Waals surface area contributed by atoms with Crippen LogP contribution in [0.2, 0.25) is 0 Å². The van der Waals surface area contributed by atoms with Crippen molar-refractivity contribution in [3.63, 3.8) is 0 Å². The van der Waals surface area contributed by atoms with Gasteiger partial charge in [0.1, 0.15) is 0 Å². The quantitative estimate of drug-likeness (QED) is 0.838. The standard InChI is InChI=1S/C15H16BrNO2/c1-9-8-10(6-7-13(9)16)17-14(18)11-4-2-3-5-12(11)15(17)19/h6-8,18-19H,2-5H2,1H3. The van der Waals surface area contributed by atoms with Gasteiger partial charge in [-0.25, -0.2) is 0 Å². The molecule has 2 N–H and O–H groups in total. The summed E-state index contributed by atoms with van der Waals surface area (Å²) in [6, 6.07) is 5.78. The van der Waals surface area contributed by atoms with E-state index in [1.54, 1.807) is 4.57 Å². The van der Waals surface area contributed by atoms with E-state index in [4.69, 9.17) is 0 Å². The molecule has 1 heterocycles. The molecule has 0 unspecified atom stereocenters. The maximum atomic E-state index is 10.4. The number of halogens is 1. The molecule has 1 aliphatic rings. The number of aromatic hydroxyl groups is 2. The van der Waals surface area contributed by atoms with Crippen LogP contribution in [0, 0.1) is 6.92 Å². The smallest absolute Gasteiger partial charge is 0.202 e. The van der Waals surface area contributed by atoms with Crippen LogP contribution >= 0.6 is 15.9 Å². The number of hydrogen-bond donors (Lipinski definition) is 2. The average molecular weight is 322 g/mol. The fraction of sp³-hybridized carbons (Fsp3) is 0.333. The van der Waals surface area contributed by atoms with E-state index < -0.39 is 0 Å². The average Bonchev–Trinajstić information content (AvgIpc) is 2.66. The normalized spacial score (nSPS) is 14.4. The molecular weight excluding hydrogens is 306 g/mol. The van der Waals surface area contributed by atoms with E-state index in [0.717, 1.165) is 52.5 Å². The fourth-order valence-corrected chi connectivity index (χ4v) is 3.03. The van der Waals surface area contributed by atoms with Crippen LogP contribution in [0.3, 0.4) is 0 Å². The molecule has 2 aromatic rings. The van der Waals surface area contributed by atoms with E-state index in [0.29, 0.717) is 0 Å². The minimum atomic E-state index is 0.189. The highest BCUT2D eigenvalue weighted by Gasteiger charge is 2.25. The second-order valence-electron chi connectivity index (χ2n) is 5.08. The molecule has 0 radical (unpaired) electrons. The number of rotatable bonds is 1. The van der Waals surface area contributed by atoms with Gasteiger partial charge in [-0.2, -0.15) is 0 Å². The molecule has 4 heteroatoms. The molecule has 0 atom stereocenters. The summed E-state index contributed by atoms with van der Waals surface area (Å²) in [6.45, 7) is 1.99. The third-order valence-corrected chi connectivity index (χ3v) is 4.72. The van der Waals surface area contributed by atoms with E-state index in [1.807, 2.05) is 25.1 Å². The summed E-state index contributed by atoms with van der Waals surface area (Å²) >= 11 is 3.46. The second-order valence-corrected chi connectivity index (χ2v) is 5.93. The van der Waals surface area contributed by atoms with Crippen molar-refractivity contribution in [2.24, 2.45) is 0 Å². The van der Waals surface area contributed by atoms with E-state index in [-0.39, 0.29) is 11.8 Å². The zero-order chi connectivity index (χ0) is 13.6. The highest BCUT2D eigenvalue weighted by molar-refractivity contribution is 9.10. The molecule has 0 spiro atoms. The molecule has 0 aliphatic heterocycles. The Balaban J connectivity index is 2.19. The van der Waals surface area contributed by atoms with Crippen LogP contribution in [-0.2, 0) is 12.8 Å². The molecule has 3 nitrogen and oxygen atoms in total. The molecular formula is C15H16BrNO2. The molecule has 1 aromatic carbocycles. The van der Waals surface area contributed by atoms with Gasteiger partial charge in [-0.1, -0.05) is 15.9 Å². The van der Waals surface area contributed by atoms with E-state index in [9.17, 15) is 10.2 Å². The van der Waals surface area contributed by atoms with Gasteiger partial charge >= 0.3 is 0 Å². The van der Waals surface area contributed by atoms with Crippen LogP contribution in [0.1, 0.15) is 29.5 Å². The largest absolute Gasteiger partial charge is 0.494 e. The van der Waals surface area contributed by atoms with Gasteiger partial charge in [-0.15, -0.1) is 0 Å². The highest BCUT2D eigenvalue weighted by Crippen LogP contribution is 2.41. The third-order valence-electron chi connectivity index (χ3n) is 3.83. The predicted molar refractivity (Wildman–Crippen MR) is 78.2 cm³/mol. The minimum absolute atomic E-state index is 0.189. The first-order valence-corrected chi connectivity index (χ1v) is 7.30. The highest BCUT2D eigenvalue weighted by atomic mass is 79.9. The van der Waals surface area contributed by atoms with E-state index >= 15 is 0 Å². The van der Waals surface area contributed by atoms with Crippen molar-refractivity contribution in [3.05, 3.63) is 39.4 Å². The Morgan fingerprint density at radius 1 is 1.05 bits per heavy atom. The van der Waals surface area contributed by atoms with Crippen LogP contribution in [-0.4, -0.2) is 14.8 Å². The zero-order valence-electron chi connectivity index (χ0n) is 10.8. The van der Waals surface area contributed by atoms with Gasteiger partial charge in [0.25, 0.3) is 0 Å². The summed E-state index contributed by atoms with van der Waals surface area (Å²) in [6.07, 6.45) is 3.83. The molecule has 1 aliphatic carbocycles. The summed E-state index contributed by atoms with van der Waals surface area (Å²) < 4.78 is 2.57. The van der Waals surface area contributed by atoms with Crippen molar-refractivity contribution in [3.8, 4) is 17.4 Å². The molecule has 1 aromatic heterocycles. The summed E-state index contributed by atoms with van der Waals surface area (Å²) in [5, 5.41) is 20.7. The Hall–Kier alpha value is -1.42. The summed E-state index contributed by atoms with van der Waals surface area (Å²) in [5.74, 6) is 0.378. The summed E-state index contributed by atoms with van der Waals surface area (Å²) in [4.78, 5) is 0. The lowest BCUT2D eigenvalue weighted by Crippen LogP contribution is -1.98. The van der Waals surface area contributed by atoms with Crippen LogP contribution in [0.15, 0.2) is 22.7 Å². The van der Waals surface area contributed by atoms with Gasteiger partial charge in [0, 0.05) is 15.6 Å². The molecule has 100 valence electrons. The van der Waals surface area contributed by atoms with Gasteiger partial charge in [0.15, 0.2) is 0 Å². The third kappa shape index (κ3) is 1.94. The first-order chi connectivity index (χ1) is 9.09. The van der Waals surface area contributed by atoms with Crippen molar-refractivity contribution in [1.82, 2.24) is 4.57 Å². The van der Waals surface area contributed by atoms with Crippen LogP contribution in [0.25, 0.3) is 5.69 Å². The van der Waals surface area contributed by atoms with E-state index in [1.165, 1.54) is 0 Å². The van der Waals surface area contributed by atoms with E-state index in [2.05, 4.69) is 15.9 Å². The van der Waals surface area contributed by atoms with Gasteiger partial charge in [-0.05, 0) is 56.4 Å². The number of aryl methyl sites for hydroxylation is 1. The van der Waals surface area contributed by atoms with Gasteiger partial charge in [0.2, 0.25) is 11.8 Å². The van der Waals surface area contributed by atoms with Gasteiger partial charge < -0.3 is 10.2 Å². The lowest BCUT2D eigenvalue weighted by molar-refractivity contribution is 0.399. The maximum absolute atomic E-state index is 10.4. The van der Waals surface area contributed by atoms with Crippen molar-refractivity contribution < 1.29 is 10.2 Å². The second kappa shape index (κ2) is 4.60. The molecule has 19 heavy (non-hydrogen) atoms. The van der Waals surface area contributed by atoms with Crippen molar-refractivity contribution in [1.29, 1.82) is 0 Å².